The Labute approximate surface area is 173 Å². The first-order chi connectivity index (χ1) is 14.1. The number of hydrogen-bond donors (Lipinski definition) is 1. The number of fused-ring (bicyclic) bond motifs is 1. The van der Waals surface area contributed by atoms with Crippen molar-refractivity contribution < 1.29 is 14.3 Å². The lowest BCUT2D eigenvalue weighted by atomic mass is 10.1. The van der Waals surface area contributed by atoms with E-state index in [1.807, 2.05) is 42.5 Å². The summed E-state index contributed by atoms with van der Waals surface area (Å²) >= 11 is 1.70. The number of aryl methyl sites for hydroxylation is 1. The van der Waals surface area contributed by atoms with Gasteiger partial charge in [-0.3, -0.25) is 9.59 Å². The van der Waals surface area contributed by atoms with Gasteiger partial charge < -0.3 is 15.0 Å². The minimum absolute atomic E-state index is 0.0233. The topological polar surface area (TPSA) is 71.5 Å². The zero-order valence-corrected chi connectivity index (χ0v) is 17.1. The lowest BCUT2D eigenvalue weighted by Crippen LogP contribution is -2.33. The number of nitrogens with zero attached hydrogens (tertiary/aromatic N) is 2. The van der Waals surface area contributed by atoms with Gasteiger partial charge in [-0.1, -0.05) is 12.1 Å². The lowest BCUT2D eigenvalue weighted by Gasteiger charge is -2.17. The molecule has 1 atom stereocenters. The zero-order valence-electron chi connectivity index (χ0n) is 16.3. The molecule has 2 aromatic carbocycles. The smallest absolute Gasteiger partial charge is 0.227 e. The van der Waals surface area contributed by atoms with E-state index in [2.05, 4.69) is 16.4 Å². The molecule has 0 bridgehead atoms. The Kier molecular flexibility index (Phi) is 5.76. The molecule has 1 aromatic heterocycles. The van der Waals surface area contributed by atoms with Gasteiger partial charge >= 0.3 is 0 Å². The molecule has 0 saturated carbocycles. The fraction of sp³-hybridized carbons (Fsp3) is 0.318. The van der Waals surface area contributed by atoms with Gasteiger partial charge in [-0.15, -0.1) is 11.3 Å². The summed E-state index contributed by atoms with van der Waals surface area (Å²) in [6.07, 6.45) is 1.91. The summed E-state index contributed by atoms with van der Waals surface area (Å²) in [6.45, 7) is 0.997. The fourth-order valence-electron chi connectivity index (χ4n) is 3.52. The van der Waals surface area contributed by atoms with Gasteiger partial charge in [-0.05, 0) is 42.8 Å². The summed E-state index contributed by atoms with van der Waals surface area (Å²) in [5, 5.41) is 4.06. The van der Waals surface area contributed by atoms with Crippen molar-refractivity contribution in [2.75, 3.05) is 25.1 Å². The number of thiazole rings is 1. The Morgan fingerprint density at radius 3 is 2.79 bits per heavy atom. The van der Waals surface area contributed by atoms with E-state index in [0.717, 1.165) is 34.8 Å². The fourth-order valence-corrected chi connectivity index (χ4v) is 4.53. The highest BCUT2D eigenvalue weighted by atomic mass is 32.1. The van der Waals surface area contributed by atoms with E-state index in [4.69, 9.17) is 4.74 Å². The molecule has 7 heteroatoms. The van der Waals surface area contributed by atoms with Gasteiger partial charge in [0.15, 0.2) is 0 Å². The quantitative estimate of drug-likeness (QED) is 0.607. The van der Waals surface area contributed by atoms with Gasteiger partial charge in [-0.25, -0.2) is 4.98 Å². The highest BCUT2D eigenvalue weighted by Gasteiger charge is 2.34. The molecular weight excluding hydrogens is 386 g/mol. The van der Waals surface area contributed by atoms with Gasteiger partial charge in [0, 0.05) is 31.6 Å². The number of para-hydroxylation sites is 1. The van der Waals surface area contributed by atoms with E-state index in [9.17, 15) is 9.59 Å². The maximum absolute atomic E-state index is 12.5. The van der Waals surface area contributed by atoms with Gasteiger partial charge in [0.2, 0.25) is 11.8 Å². The summed E-state index contributed by atoms with van der Waals surface area (Å²) in [7, 11) is 1.60. The van der Waals surface area contributed by atoms with Crippen LogP contribution in [0.25, 0.3) is 10.2 Å². The van der Waals surface area contributed by atoms with Crippen molar-refractivity contribution in [1.82, 2.24) is 10.3 Å². The average Bonchev–Trinajstić information content (AvgIpc) is 3.34. The maximum Gasteiger partial charge on any atom is 0.227 e. The van der Waals surface area contributed by atoms with E-state index in [0.29, 0.717) is 13.1 Å². The van der Waals surface area contributed by atoms with Crippen LogP contribution in [0.5, 0.6) is 5.75 Å². The second-order valence-corrected chi connectivity index (χ2v) is 8.19. The molecule has 1 aliphatic heterocycles. The van der Waals surface area contributed by atoms with E-state index in [1.165, 1.54) is 4.70 Å². The molecular formula is C22H23N3O3S. The van der Waals surface area contributed by atoms with Gasteiger partial charge in [0.1, 0.15) is 5.75 Å². The number of methoxy groups -OCH3 is 1. The summed E-state index contributed by atoms with van der Waals surface area (Å²) in [6, 6.07) is 15.4. The molecule has 0 radical (unpaired) electrons. The van der Waals surface area contributed by atoms with Crippen molar-refractivity contribution in [2.45, 2.75) is 19.3 Å². The molecule has 6 nitrogen and oxygen atoms in total. The normalized spacial score (nSPS) is 16.4. The van der Waals surface area contributed by atoms with Crippen LogP contribution in [0.15, 0.2) is 48.5 Å². The SMILES string of the molecule is COc1ccc(N2CC(C(=O)NCCCc3nc4ccccc4s3)CC2=O)cc1. The largest absolute Gasteiger partial charge is 0.497 e. The van der Waals surface area contributed by atoms with Crippen LogP contribution in [0.4, 0.5) is 5.69 Å². The molecule has 0 aliphatic carbocycles. The Morgan fingerprint density at radius 1 is 1.24 bits per heavy atom. The molecule has 1 aliphatic rings. The molecule has 2 amide bonds. The number of carbonyl (C=O) groups excluding carboxylic acids is 2. The third kappa shape index (κ3) is 4.40. The highest BCUT2D eigenvalue weighted by Crippen LogP contribution is 2.27. The van der Waals surface area contributed by atoms with Crippen LogP contribution in [-0.4, -0.2) is 37.0 Å². The first-order valence-corrected chi connectivity index (χ1v) is 10.5. The van der Waals surface area contributed by atoms with Crippen LogP contribution in [0.1, 0.15) is 17.8 Å². The van der Waals surface area contributed by atoms with Crippen molar-refractivity contribution in [2.24, 2.45) is 5.92 Å². The van der Waals surface area contributed by atoms with Crippen LogP contribution in [0.3, 0.4) is 0 Å². The molecule has 29 heavy (non-hydrogen) atoms. The number of benzene rings is 2. The Morgan fingerprint density at radius 2 is 2.03 bits per heavy atom. The summed E-state index contributed by atoms with van der Waals surface area (Å²) < 4.78 is 6.34. The van der Waals surface area contributed by atoms with E-state index >= 15 is 0 Å². The average molecular weight is 410 g/mol. The lowest BCUT2D eigenvalue weighted by molar-refractivity contribution is -0.126. The van der Waals surface area contributed by atoms with E-state index in [1.54, 1.807) is 23.3 Å². The maximum atomic E-state index is 12.5. The van der Waals surface area contributed by atoms with Crippen LogP contribution < -0.4 is 15.0 Å². The zero-order chi connectivity index (χ0) is 20.2. The molecule has 0 spiro atoms. The van der Waals surface area contributed by atoms with Crippen molar-refractivity contribution in [3.8, 4) is 5.75 Å². The van der Waals surface area contributed by atoms with Gasteiger partial charge in [-0.2, -0.15) is 0 Å². The van der Waals surface area contributed by atoms with Crippen molar-refractivity contribution >= 4 is 39.1 Å². The second-order valence-electron chi connectivity index (χ2n) is 7.07. The molecule has 1 N–H and O–H groups in total. The third-order valence-electron chi connectivity index (χ3n) is 5.08. The van der Waals surface area contributed by atoms with Crippen LogP contribution >= 0.6 is 11.3 Å². The number of anilines is 1. The Hall–Kier alpha value is -2.93. The molecule has 2 heterocycles. The minimum atomic E-state index is -0.313. The third-order valence-corrected chi connectivity index (χ3v) is 6.18. The first kappa shape index (κ1) is 19.4. The number of carbonyl (C=O) groups is 2. The minimum Gasteiger partial charge on any atom is -0.497 e. The van der Waals surface area contributed by atoms with Crippen LogP contribution in [0, 0.1) is 5.92 Å². The molecule has 1 unspecified atom stereocenters. The van der Waals surface area contributed by atoms with Crippen molar-refractivity contribution in [3.05, 3.63) is 53.5 Å². The van der Waals surface area contributed by atoms with Crippen LogP contribution in [0.2, 0.25) is 0 Å². The molecule has 150 valence electrons. The van der Waals surface area contributed by atoms with Gasteiger partial charge in [0.05, 0.1) is 28.3 Å². The summed E-state index contributed by atoms with van der Waals surface area (Å²) in [5.74, 6) is 0.346. The number of amides is 2. The number of rotatable bonds is 7. The van der Waals surface area contributed by atoms with Crippen molar-refractivity contribution in [1.29, 1.82) is 0 Å². The Bertz CT molecular complexity index is 983. The molecule has 4 rings (SSSR count). The number of hydrogen-bond acceptors (Lipinski definition) is 5. The van der Waals surface area contributed by atoms with Crippen LogP contribution in [-0.2, 0) is 16.0 Å². The first-order valence-electron chi connectivity index (χ1n) is 9.70. The monoisotopic (exact) mass is 409 g/mol. The second kappa shape index (κ2) is 8.61. The Balaban J connectivity index is 1.25. The molecule has 3 aromatic rings. The predicted molar refractivity (Wildman–Crippen MR) is 114 cm³/mol. The highest BCUT2D eigenvalue weighted by molar-refractivity contribution is 7.18. The van der Waals surface area contributed by atoms with Crippen molar-refractivity contribution in [3.63, 3.8) is 0 Å². The summed E-state index contributed by atoms with van der Waals surface area (Å²) in [4.78, 5) is 31.1. The number of nitrogens with one attached hydrogen (secondary N) is 1. The number of aromatic nitrogens is 1. The molecule has 1 saturated heterocycles. The number of ether oxygens (including phenoxy) is 1. The molecule has 1 fully saturated rings. The summed E-state index contributed by atoms with van der Waals surface area (Å²) in [5.41, 5.74) is 1.82. The standard InChI is InChI=1S/C22H23N3O3S/c1-28-17-10-8-16(9-11-17)25-14-15(13-21(25)26)22(27)23-12-4-7-20-24-18-5-2-3-6-19(18)29-20/h2-3,5-6,8-11,15H,4,7,12-14H2,1H3,(H,23,27). The van der Waals surface area contributed by atoms with E-state index < -0.39 is 0 Å². The van der Waals surface area contributed by atoms with E-state index in [-0.39, 0.29) is 24.2 Å². The predicted octanol–water partition coefficient (Wildman–Crippen LogP) is 3.41. The van der Waals surface area contributed by atoms with Gasteiger partial charge in [0.25, 0.3) is 0 Å².